The van der Waals surface area contributed by atoms with Crippen molar-refractivity contribution in [1.29, 1.82) is 0 Å². The molecule has 6 nitrogen and oxygen atoms in total. The highest BCUT2D eigenvalue weighted by atomic mass is 16.8. The highest BCUT2D eigenvalue weighted by molar-refractivity contribution is 4.99. The van der Waals surface area contributed by atoms with E-state index in [1.165, 1.54) is 0 Å². The van der Waals surface area contributed by atoms with Gasteiger partial charge in [0, 0.05) is 0 Å². The van der Waals surface area contributed by atoms with E-state index in [9.17, 15) is 0 Å². The number of rotatable bonds is 4. The van der Waals surface area contributed by atoms with Crippen LogP contribution >= 0.6 is 0 Å². The Balaban J connectivity index is 1.73. The van der Waals surface area contributed by atoms with Gasteiger partial charge in [-0.05, 0) is 33.8 Å². The van der Waals surface area contributed by atoms with Crippen molar-refractivity contribution in [3.8, 4) is 0 Å². The number of hydrogen-bond donors (Lipinski definition) is 0. The van der Waals surface area contributed by atoms with Gasteiger partial charge < -0.3 is 28.4 Å². The van der Waals surface area contributed by atoms with Crippen LogP contribution in [-0.4, -0.2) is 55.5 Å². The molecule has 0 unspecified atom stereocenters. The molecule has 0 aromatic heterocycles. The van der Waals surface area contributed by atoms with Crippen molar-refractivity contribution in [2.24, 2.45) is 0 Å². The summed E-state index contributed by atoms with van der Waals surface area (Å²) in [6.07, 6.45) is 0.176. The van der Waals surface area contributed by atoms with Crippen LogP contribution in [0.4, 0.5) is 0 Å². The Morgan fingerprint density at radius 2 is 1.91 bits per heavy atom. The maximum Gasteiger partial charge on any atom is 0.190 e. The first-order valence-corrected chi connectivity index (χ1v) is 7.60. The largest absolute Gasteiger partial charge is 0.368 e. The summed E-state index contributed by atoms with van der Waals surface area (Å²) >= 11 is 0. The molecule has 0 aromatic carbocycles. The molecule has 0 aromatic rings. The van der Waals surface area contributed by atoms with Crippen molar-refractivity contribution < 1.29 is 28.4 Å². The third kappa shape index (κ3) is 3.14. The molecule has 0 bridgehead atoms. The molecule has 0 amide bonds. The molecule has 3 rings (SSSR count). The molecule has 3 fully saturated rings. The second kappa shape index (κ2) is 5.73. The Morgan fingerprint density at radius 1 is 1.14 bits per heavy atom. The van der Waals surface area contributed by atoms with Crippen molar-refractivity contribution in [1.82, 2.24) is 0 Å². The summed E-state index contributed by atoms with van der Waals surface area (Å²) in [6.45, 7) is 11.9. The van der Waals surface area contributed by atoms with E-state index in [0.717, 1.165) is 0 Å². The van der Waals surface area contributed by atoms with Crippen LogP contribution in [0.15, 0.2) is 18.4 Å². The van der Waals surface area contributed by atoms with Crippen LogP contribution in [-0.2, 0) is 28.4 Å². The van der Waals surface area contributed by atoms with E-state index < -0.39 is 17.9 Å². The summed E-state index contributed by atoms with van der Waals surface area (Å²) in [5, 5.41) is 0. The molecular formula is C16H24O6. The molecule has 124 valence electrons. The van der Waals surface area contributed by atoms with Crippen LogP contribution in [0.2, 0.25) is 0 Å². The molecule has 0 aliphatic carbocycles. The maximum atomic E-state index is 6.01. The predicted octanol–water partition coefficient (Wildman–Crippen LogP) is 1.74. The van der Waals surface area contributed by atoms with Crippen LogP contribution in [0.3, 0.4) is 0 Å². The normalized spacial score (nSPS) is 42.1. The Bertz CT molecular complexity index is 467. The number of hydrogen-bond acceptors (Lipinski definition) is 6. The van der Waals surface area contributed by atoms with Gasteiger partial charge in [0.15, 0.2) is 17.9 Å². The SMILES string of the molecule is C=C=CCO[C@@H]1[C@H]2OC(C)(C)O[C@H]2O[C@@H]1[C@H]1COC(C)(C)O1. The monoisotopic (exact) mass is 312 g/mol. The zero-order chi connectivity index (χ0) is 16.0. The minimum absolute atomic E-state index is 0.214. The summed E-state index contributed by atoms with van der Waals surface area (Å²) < 4.78 is 35.2. The van der Waals surface area contributed by atoms with Crippen LogP contribution in [0.5, 0.6) is 0 Å². The summed E-state index contributed by atoms with van der Waals surface area (Å²) in [4.78, 5) is 0. The zero-order valence-corrected chi connectivity index (χ0v) is 13.5. The van der Waals surface area contributed by atoms with Crippen molar-refractivity contribution in [3.05, 3.63) is 18.4 Å². The molecule has 3 heterocycles. The van der Waals surface area contributed by atoms with E-state index in [2.05, 4.69) is 12.3 Å². The summed E-state index contributed by atoms with van der Waals surface area (Å²) in [7, 11) is 0. The average Bonchev–Trinajstić information content (AvgIpc) is 3.01. The second-order valence-electron chi connectivity index (χ2n) is 6.64. The Morgan fingerprint density at radius 3 is 2.55 bits per heavy atom. The molecule has 22 heavy (non-hydrogen) atoms. The fourth-order valence-electron chi connectivity index (χ4n) is 3.09. The lowest BCUT2D eigenvalue weighted by molar-refractivity contribution is -0.235. The molecule has 3 saturated heterocycles. The lowest BCUT2D eigenvalue weighted by Gasteiger charge is -2.28. The Labute approximate surface area is 130 Å². The first-order chi connectivity index (χ1) is 10.3. The fourth-order valence-corrected chi connectivity index (χ4v) is 3.09. The average molecular weight is 312 g/mol. The third-order valence-electron chi connectivity index (χ3n) is 3.94. The topological polar surface area (TPSA) is 55.4 Å². The van der Waals surface area contributed by atoms with Crippen molar-refractivity contribution in [2.45, 2.75) is 70.0 Å². The lowest BCUT2D eigenvalue weighted by atomic mass is 10.1. The van der Waals surface area contributed by atoms with Gasteiger partial charge in [0.05, 0.1) is 13.2 Å². The van der Waals surface area contributed by atoms with Crippen molar-refractivity contribution in [2.75, 3.05) is 13.2 Å². The molecule has 3 aliphatic heterocycles. The van der Waals surface area contributed by atoms with Crippen LogP contribution in [0, 0.1) is 0 Å². The zero-order valence-electron chi connectivity index (χ0n) is 13.5. The highest BCUT2D eigenvalue weighted by Gasteiger charge is 2.58. The first kappa shape index (κ1) is 16.1. The van der Waals surface area contributed by atoms with Crippen molar-refractivity contribution in [3.63, 3.8) is 0 Å². The predicted molar refractivity (Wildman–Crippen MR) is 77.1 cm³/mol. The van der Waals surface area contributed by atoms with Gasteiger partial charge >= 0.3 is 0 Å². The van der Waals surface area contributed by atoms with Gasteiger partial charge in [0.1, 0.15) is 24.4 Å². The molecule has 0 radical (unpaired) electrons. The molecular weight excluding hydrogens is 288 g/mol. The molecule has 0 N–H and O–H groups in total. The van der Waals surface area contributed by atoms with Gasteiger partial charge in [-0.15, -0.1) is 5.73 Å². The van der Waals surface area contributed by atoms with Crippen LogP contribution < -0.4 is 0 Å². The minimum Gasteiger partial charge on any atom is -0.368 e. The van der Waals surface area contributed by atoms with Gasteiger partial charge in [0.2, 0.25) is 0 Å². The number of ether oxygens (including phenoxy) is 6. The van der Waals surface area contributed by atoms with Gasteiger partial charge in [-0.2, -0.15) is 0 Å². The maximum absolute atomic E-state index is 6.01. The summed E-state index contributed by atoms with van der Waals surface area (Å²) in [5.74, 6) is -1.29. The quantitative estimate of drug-likeness (QED) is 0.737. The van der Waals surface area contributed by atoms with E-state index in [4.69, 9.17) is 28.4 Å². The van der Waals surface area contributed by atoms with Gasteiger partial charge in [-0.3, -0.25) is 0 Å². The molecule has 3 aliphatic rings. The van der Waals surface area contributed by atoms with Crippen LogP contribution in [0.1, 0.15) is 27.7 Å². The van der Waals surface area contributed by atoms with E-state index in [0.29, 0.717) is 13.2 Å². The van der Waals surface area contributed by atoms with Gasteiger partial charge in [-0.1, -0.05) is 6.58 Å². The Hall–Kier alpha value is -0.720. The van der Waals surface area contributed by atoms with Crippen molar-refractivity contribution >= 4 is 0 Å². The lowest BCUT2D eigenvalue weighted by Crippen LogP contribution is -2.44. The van der Waals surface area contributed by atoms with E-state index >= 15 is 0 Å². The van der Waals surface area contributed by atoms with E-state index in [-0.39, 0.29) is 24.4 Å². The Kier molecular flexibility index (Phi) is 4.20. The first-order valence-electron chi connectivity index (χ1n) is 7.60. The smallest absolute Gasteiger partial charge is 0.190 e. The standard InChI is InChI=1S/C16H24O6/c1-6-7-8-17-12-11(10-9-18-15(2,3)20-10)19-14-13(12)21-16(4,5)22-14/h7,10-14H,1,8-9H2,2-5H3/t10-,11-,12+,13-,14-/m1/s1. The van der Waals surface area contributed by atoms with Gasteiger partial charge in [-0.25, -0.2) is 0 Å². The molecule has 5 atom stereocenters. The van der Waals surface area contributed by atoms with Gasteiger partial charge in [0.25, 0.3) is 0 Å². The molecule has 0 spiro atoms. The second-order valence-corrected chi connectivity index (χ2v) is 6.64. The highest BCUT2D eigenvalue weighted by Crippen LogP contribution is 2.41. The number of fused-ring (bicyclic) bond motifs is 1. The summed E-state index contributed by atoms with van der Waals surface area (Å²) in [6, 6.07) is 0. The third-order valence-corrected chi connectivity index (χ3v) is 3.94. The minimum atomic E-state index is -0.678. The fraction of sp³-hybridized carbons (Fsp3) is 0.812. The summed E-state index contributed by atoms with van der Waals surface area (Å²) in [5.41, 5.74) is 2.70. The van der Waals surface area contributed by atoms with E-state index in [1.54, 1.807) is 6.08 Å². The molecule has 0 saturated carbocycles. The van der Waals surface area contributed by atoms with E-state index in [1.807, 2.05) is 27.7 Å². The molecule has 6 heteroatoms. The van der Waals surface area contributed by atoms with Crippen LogP contribution in [0.25, 0.3) is 0 Å².